The van der Waals surface area contributed by atoms with E-state index in [-0.39, 0.29) is 12.1 Å². The molecule has 16 heavy (non-hydrogen) atoms. The SMILES string of the molecule is COC1CCC(n2cc(Br)cc2C(=O)O)C1. The molecular formula is C11H14BrNO3. The molecule has 0 radical (unpaired) electrons. The first kappa shape index (κ1) is 11.7. The molecule has 1 aliphatic carbocycles. The van der Waals surface area contributed by atoms with Crippen molar-refractivity contribution in [3.8, 4) is 0 Å². The average molecular weight is 288 g/mol. The second kappa shape index (κ2) is 4.59. The predicted octanol–water partition coefficient (Wildman–Crippen LogP) is 2.69. The minimum Gasteiger partial charge on any atom is -0.477 e. The van der Waals surface area contributed by atoms with Crippen molar-refractivity contribution in [2.75, 3.05) is 7.11 Å². The number of hydrogen-bond acceptors (Lipinski definition) is 2. The first-order valence-corrected chi connectivity index (χ1v) is 6.04. The van der Waals surface area contributed by atoms with Gasteiger partial charge in [-0.15, -0.1) is 0 Å². The number of nitrogens with zero attached hydrogens (tertiary/aromatic N) is 1. The van der Waals surface area contributed by atoms with Crippen molar-refractivity contribution in [2.24, 2.45) is 0 Å². The summed E-state index contributed by atoms with van der Waals surface area (Å²) in [5.41, 5.74) is 0.341. The molecule has 1 fully saturated rings. The number of halogens is 1. The maximum atomic E-state index is 11.1. The van der Waals surface area contributed by atoms with E-state index in [0.717, 1.165) is 23.7 Å². The van der Waals surface area contributed by atoms with Gasteiger partial charge in [0.15, 0.2) is 0 Å². The standard InChI is InChI=1S/C11H14BrNO3/c1-16-9-3-2-8(5-9)13-6-7(12)4-10(13)11(14)15/h4,6,8-9H,2-3,5H2,1H3,(H,14,15). The summed E-state index contributed by atoms with van der Waals surface area (Å²) in [6.07, 6.45) is 4.95. The molecule has 0 aromatic carbocycles. The van der Waals surface area contributed by atoms with Crippen LogP contribution in [-0.2, 0) is 4.74 Å². The molecule has 1 aromatic rings. The van der Waals surface area contributed by atoms with E-state index in [1.54, 1.807) is 13.2 Å². The van der Waals surface area contributed by atoms with Crippen LogP contribution < -0.4 is 0 Å². The van der Waals surface area contributed by atoms with E-state index in [1.807, 2.05) is 10.8 Å². The topological polar surface area (TPSA) is 51.5 Å². The summed E-state index contributed by atoms with van der Waals surface area (Å²) in [6, 6.07) is 1.88. The third-order valence-corrected chi connectivity index (χ3v) is 3.55. The largest absolute Gasteiger partial charge is 0.477 e. The van der Waals surface area contributed by atoms with E-state index >= 15 is 0 Å². The maximum absolute atomic E-state index is 11.1. The smallest absolute Gasteiger partial charge is 0.352 e. The van der Waals surface area contributed by atoms with Crippen molar-refractivity contribution < 1.29 is 14.6 Å². The Morgan fingerprint density at radius 2 is 2.38 bits per heavy atom. The molecule has 1 N–H and O–H groups in total. The van der Waals surface area contributed by atoms with Gasteiger partial charge in [-0.1, -0.05) is 0 Å². The van der Waals surface area contributed by atoms with Gasteiger partial charge in [0.1, 0.15) is 5.69 Å². The molecule has 0 aliphatic heterocycles. The zero-order valence-electron chi connectivity index (χ0n) is 9.02. The Hall–Kier alpha value is -0.810. The van der Waals surface area contributed by atoms with Gasteiger partial charge in [0.25, 0.3) is 0 Å². The number of methoxy groups -OCH3 is 1. The lowest BCUT2D eigenvalue weighted by Gasteiger charge is -2.14. The molecule has 0 bridgehead atoms. The summed E-state index contributed by atoms with van der Waals surface area (Å²) in [5.74, 6) is -0.883. The number of carboxylic acids is 1. The molecule has 0 spiro atoms. The Kier molecular flexibility index (Phi) is 3.35. The van der Waals surface area contributed by atoms with E-state index in [1.165, 1.54) is 0 Å². The quantitative estimate of drug-likeness (QED) is 0.930. The highest BCUT2D eigenvalue weighted by molar-refractivity contribution is 9.10. The fourth-order valence-electron chi connectivity index (χ4n) is 2.30. The first-order valence-electron chi connectivity index (χ1n) is 5.25. The number of hydrogen-bond donors (Lipinski definition) is 1. The molecular weight excluding hydrogens is 274 g/mol. The van der Waals surface area contributed by atoms with E-state index in [0.29, 0.717) is 5.69 Å². The molecule has 1 saturated carbocycles. The van der Waals surface area contributed by atoms with Crippen molar-refractivity contribution >= 4 is 21.9 Å². The van der Waals surface area contributed by atoms with E-state index in [9.17, 15) is 4.79 Å². The molecule has 1 aromatic heterocycles. The van der Waals surface area contributed by atoms with Gasteiger partial charge in [-0.05, 0) is 41.3 Å². The third-order valence-electron chi connectivity index (χ3n) is 3.12. The zero-order valence-corrected chi connectivity index (χ0v) is 10.6. The van der Waals surface area contributed by atoms with Crippen LogP contribution in [0.5, 0.6) is 0 Å². The van der Waals surface area contributed by atoms with Crippen molar-refractivity contribution in [3.63, 3.8) is 0 Å². The molecule has 0 saturated heterocycles. The fraction of sp³-hybridized carbons (Fsp3) is 0.545. The van der Waals surface area contributed by atoms with Crippen molar-refractivity contribution in [2.45, 2.75) is 31.4 Å². The maximum Gasteiger partial charge on any atom is 0.352 e. The van der Waals surface area contributed by atoms with Crippen LogP contribution in [0.3, 0.4) is 0 Å². The van der Waals surface area contributed by atoms with Crippen molar-refractivity contribution in [1.82, 2.24) is 4.57 Å². The summed E-state index contributed by atoms with van der Waals surface area (Å²) in [5, 5.41) is 9.09. The summed E-state index contributed by atoms with van der Waals surface area (Å²) in [7, 11) is 1.71. The predicted molar refractivity (Wildman–Crippen MR) is 62.8 cm³/mol. The second-order valence-electron chi connectivity index (χ2n) is 4.08. The molecule has 0 amide bonds. The molecule has 2 unspecified atom stereocenters. The number of rotatable bonds is 3. The normalized spacial score (nSPS) is 24.9. The Morgan fingerprint density at radius 1 is 1.62 bits per heavy atom. The Morgan fingerprint density at radius 3 is 2.94 bits per heavy atom. The zero-order chi connectivity index (χ0) is 11.7. The molecule has 88 valence electrons. The van der Waals surface area contributed by atoms with Crippen molar-refractivity contribution in [3.05, 3.63) is 22.4 Å². The lowest BCUT2D eigenvalue weighted by atomic mass is 10.2. The van der Waals surface area contributed by atoms with Gasteiger partial charge >= 0.3 is 5.97 Å². The van der Waals surface area contributed by atoms with Crippen LogP contribution in [-0.4, -0.2) is 28.9 Å². The Bertz CT molecular complexity index is 402. The van der Waals surface area contributed by atoms with Gasteiger partial charge in [0.2, 0.25) is 0 Å². The van der Waals surface area contributed by atoms with Gasteiger partial charge in [-0.3, -0.25) is 0 Å². The lowest BCUT2D eigenvalue weighted by Crippen LogP contribution is -2.13. The van der Waals surface area contributed by atoms with Crippen LogP contribution in [0.15, 0.2) is 16.7 Å². The highest BCUT2D eigenvalue weighted by Gasteiger charge is 2.28. The van der Waals surface area contributed by atoms with Crippen molar-refractivity contribution in [1.29, 1.82) is 0 Å². The second-order valence-corrected chi connectivity index (χ2v) is 5.00. The van der Waals surface area contributed by atoms with E-state index < -0.39 is 5.97 Å². The highest BCUT2D eigenvalue weighted by Crippen LogP contribution is 2.34. The molecule has 2 rings (SSSR count). The summed E-state index contributed by atoms with van der Waals surface area (Å²) < 4.78 is 7.95. The molecule has 1 aliphatic rings. The number of carbonyl (C=O) groups is 1. The van der Waals surface area contributed by atoms with Crippen LogP contribution in [0, 0.1) is 0 Å². The molecule has 5 heteroatoms. The summed E-state index contributed by atoms with van der Waals surface area (Å²) in [4.78, 5) is 11.1. The van der Waals surface area contributed by atoms with Gasteiger partial charge in [0.05, 0.1) is 6.10 Å². The van der Waals surface area contributed by atoms with E-state index in [2.05, 4.69) is 15.9 Å². The molecule has 2 atom stereocenters. The lowest BCUT2D eigenvalue weighted by molar-refractivity contribution is 0.0680. The fourth-order valence-corrected chi connectivity index (χ4v) is 2.74. The molecule has 4 nitrogen and oxygen atoms in total. The van der Waals surface area contributed by atoms with Crippen LogP contribution in [0.2, 0.25) is 0 Å². The van der Waals surface area contributed by atoms with Gasteiger partial charge < -0.3 is 14.4 Å². The van der Waals surface area contributed by atoms with Gasteiger partial charge in [-0.2, -0.15) is 0 Å². The van der Waals surface area contributed by atoms with Crippen LogP contribution in [0.4, 0.5) is 0 Å². The van der Waals surface area contributed by atoms with E-state index in [4.69, 9.17) is 9.84 Å². The first-order chi connectivity index (χ1) is 7.61. The average Bonchev–Trinajstić information content (AvgIpc) is 2.82. The number of ether oxygens (including phenoxy) is 1. The summed E-state index contributed by atoms with van der Waals surface area (Å²) >= 11 is 3.32. The van der Waals surface area contributed by atoms with Gasteiger partial charge in [0, 0.05) is 23.8 Å². The minimum atomic E-state index is -0.883. The third kappa shape index (κ3) is 2.15. The van der Waals surface area contributed by atoms with Gasteiger partial charge in [-0.25, -0.2) is 4.79 Å². The number of carboxylic acid groups (broad SMARTS) is 1. The van der Waals surface area contributed by atoms with Crippen LogP contribution in [0.1, 0.15) is 35.8 Å². The summed E-state index contributed by atoms with van der Waals surface area (Å²) in [6.45, 7) is 0. The van der Waals surface area contributed by atoms with Crippen LogP contribution >= 0.6 is 15.9 Å². The van der Waals surface area contributed by atoms with Crippen LogP contribution in [0.25, 0.3) is 0 Å². The number of aromatic carboxylic acids is 1. The Balaban J connectivity index is 2.23. The highest BCUT2D eigenvalue weighted by atomic mass is 79.9. The minimum absolute atomic E-state index is 0.238. The monoisotopic (exact) mass is 287 g/mol. The Labute approximate surface area is 102 Å². The number of aromatic nitrogens is 1. The molecule has 1 heterocycles.